The molecule has 0 aliphatic carbocycles. The van der Waals surface area contributed by atoms with Gasteiger partial charge in [-0.3, -0.25) is 10.1 Å². The van der Waals surface area contributed by atoms with Crippen molar-refractivity contribution in [1.29, 1.82) is 0 Å². The fraction of sp³-hybridized carbons (Fsp3) is 0.0500. The lowest BCUT2D eigenvalue weighted by Gasteiger charge is -2.08. The molecule has 3 rings (SSSR count). The summed E-state index contributed by atoms with van der Waals surface area (Å²) in [6.07, 6.45) is -3.00. The van der Waals surface area contributed by atoms with Gasteiger partial charge in [0.05, 0.1) is 22.4 Å². The smallest absolute Gasteiger partial charge is 0.280 e. The van der Waals surface area contributed by atoms with Gasteiger partial charge >= 0.3 is 6.18 Å². The molecule has 150 valence electrons. The van der Waals surface area contributed by atoms with E-state index in [0.29, 0.717) is 16.9 Å². The van der Waals surface area contributed by atoms with Crippen molar-refractivity contribution in [2.45, 2.75) is 11.1 Å². The van der Waals surface area contributed by atoms with Crippen LogP contribution in [0.15, 0.2) is 88.9 Å². The summed E-state index contributed by atoms with van der Waals surface area (Å²) in [5.74, 6) is 0. The Bertz CT molecular complexity index is 1080. The number of sulfonamides is 1. The summed E-state index contributed by atoms with van der Waals surface area (Å²) >= 11 is 0. The van der Waals surface area contributed by atoms with E-state index in [-0.39, 0.29) is 4.90 Å². The normalized spacial score (nSPS) is 12.1. The zero-order chi connectivity index (χ0) is 20.9. The van der Waals surface area contributed by atoms with Gasteiger partial charge < -0.3 is 0 Å². The van der Waals surface area contributed by atoms with Crippen molar-refractivity contribution in [3.05, 3.63) is 90.0 Å². The van der Waals surface area contributed by atoms with Crippen LogP contribution in [0.5, 0.6) is 0 Å². The Kier molecular flexibility index (Phi) is 5.88. The number of hydrazone groups is 1. The van der Waals surface area contributed by atoms with E-state index in [1.807, 2.05) is 0 Å². The zero-order valence-corrected chi connectivity index (χ0v) is 15.7. The van der Waals surface area contributed by atoms with Crippen molar-refractivity contribution < 1.29 is 21.6 Å². The lowest BCUT2D eigenvalue weighted by Crippen LogP contribution is -2.12. The molecule has 0 saturated heterocycles. The van der Waals surface area contributed by atoms with Gasteiger partial charge in [0.15, 0.2) is 0 Å². The fourth-order valence-corrected chi connectivity index (χ4v) is 3.45. The summed E-state index contributed by atoms with van der Waals surface area (Å²) in [6.45, 7) is 0. The quantitative estimate of drug-likeness (QED) is 0.439. The first kappa shape index (κ1) is 20.4. The lowest BCUT2D eigenvalue weighted by molar-refractivity contribution is -0.137. The molecule has 3 aromatic rings. The Morgan fingerprint density at radius 3 is 1.97 bits per heavy atom. The summed E-state index contributed by atoms with van der Waals surface area (Å²) in [7, 11) is -3.67. The van der Waals surface area contributed by atoms with Crippen molar-refractivity contribution in [3.63, 3.8) is 0 Å². The van der Waals surface area contributed by atoms with Gasteiger partial charge in [0.1, 0.15) is 0 Å². The lowest BCUT2D eigenvalue weighted by atomic mass is 10.1. The first-order valence-corrected chi connectivity index (χ1v) is 9.87. The molecule has 0 amide bonds. The van der Waals surface area contributed by atoms with Crippen LogP contribution in [-0.2, 0) is 16.2 Å². The van der Waals surface area contributed by atoms with Gasteiger partial charge in [-0.05, 0) is 54.1 Å². The van der Waals surface area contributed by atoms with Crippen LogP contribution < -0.4 is 10.1 Å². The summed E-state index contributed by atoms with van der Waals surface area (Å²) < 4.78 is 64.6. The van der Waals surface area contributed by atoms with E-state index in [9.17, 15) is 21.6 Å². The molecule has 3 aromatic carbocycles. The molecule has 9 heteroatoms. The van der Waals surface area contributed by atoms with Gasteiger partial charge in [-0.25, -0.2) is 8.42 Å². The predicted molar refractivity (Wildman–Crippen MR) is 106 cm³/mol. The Balaban J connectivity index is 1.60. The highest BCUT2D eigenvalue weighted by Crippen LogP contribution is 2.28. The van der Waals surface area contributed by atoms with E-state index in [1.165, 1.54) is 30.5 Å². The molecule has 0 spiro atoms. The SMILES string of the molecule is O=S(=O)(Nc1ccc(N/N=C/c2ccc(C(F)(F)F)cc2)cc1)c1ccccc1. The van der Waals surface area contributed by atoms with E-state index in [1.54, 1.807) is 42.5 Å². The summed E-state index contributed by atoms with van der Waals surface area (Å²) in [4.78, 5) is 0.156. The molecule has 0 aliphatic heterocycles. The number of hydrogen-bond acceptors (Lipinski definition) is 4. The number of hydrogen-bond donors (Lipinski definition) is 2. The third-order valence-corrected chi connectivity index (χ3v) is 5.23. The largest absolute Gasteiger partial charge is 0.416 e. The third kappa shape index (κ3) is 5.58. The minimum absolute atomic E-state index is 0.156. The second-order valence-electron chi connectivity index (χ2n) is 5.99. The fourth-order valence-electron chi connectivity index (χ4n) is 2.37. The average molecular weight is 419 g/mol. The Labute approximate surface area is 165 Å². The molecule has 5 nitrogen and oxygen atoms in total. The standard InChI is InChI=1S/C20H16F3N3O2S/c21-20(22,23)16-8-6-15(7-9-16)14-24-25-17-10-12-18(13-11-17)26-29(27,28)19-4-2-1-3-5-19/h1-14,25-26H/b24-14+. The highest BCUT2D eigenvalue weighted by atomic mass is 32.2. The topological polar surface area (TPSA) is 70.6 Å². The Hall–Kier alpha value is -3.33. The van der Waals surface area contributed by atoms with Gasteiger partial charge in [-0.1, -0.05) is 30.3 Å². The van der Waals surface area contributed by atoms with Crippen LogP contribution in [0.4, 0.5) is 24.5 Å². The first-order chi connectivity index (χ1) is 13.7. The van der Waals surface area contributed by atoms with Crippen molar-refractivity contribution in [2.24, 2.45) is 5.10 Å². The molecule has 0 saturated carbocycles. The average Bonchev–Trinajstić information content (AvgIpc) is 2.69. The number of halogens is 3. The monoisotopic (exact) mass is 419 g/mol. The highest BCUT2D eigenvalue weighted by Gasteiger charge is 2.29. The molecule has 0 aromatic heterocycles. The minimum Gasteiger partial charge on any atom is -0.280 e. The van der Waals surface area contributed by atoms with Crippen molar-refractivity contribution >= 4 is 27.6 Å². The van der Waals surface area contributed by atoms with Crippen molar-refractivity contribution in [3.8, 4) is 0 Å². The maximum atomic E-state index is 12.5. The molecule has 0 radical (unpaired) electrons. The van der Waals surface area contributed by atoms with Gasteiger partial charge in [0.2, 0.25) is 0 Å². The van der Waals surface area contributed by atoms with Crippen molar-refractivity contribution in [2.75, 3.05) is 10.1 Å². The molecule has 0 fully saturated rings. The molecule has 0 atom stereocenters. The van der Waals surface area contributed by atoms with Crippen LogP contribution in [0.1, 0.15) is 11.1 Å². The van der Waals surface area contributed by atoms with Gasteiger partial charge in [-0.15, -0.1) is 0 Å². The highest BCUT2D eigenvalue weighted by molar-refractivity contribution is 7.92. The van der Waals surface area contributed by atoms with E-state index in [0.717, 1.165) is 12.1 Å². The summed E-state index contributed by atoms with van der Waals surface area (Å²) in [5, 5.41) is 3.96. The van der Waals surface area contributed by atoms with Crippen LogP contribution in [0, 0.1) is 0 Å². The third-order valence-electron chi connectivity index (χ3n) is 3.84. The number of nitrogens with zero attached hydrogens (tertiary/aromatic N) is 1. The van der Waals surface area contributed by atoms with Crippen LogP contribution >= 0.6 is 0 Å². The number of nitrogens with one attached hydrogen (secondary N) is 2. The van der Waals surface area contributed by atoms with E-state index < -0.39 is 21.8 Å². The van der Waals surface area contributed by atoms with Crippen LogP contribution in [0.2, 0.25) is 0 Å². The Morgan fingerprint density at radius 2 is 1.38 bits per heavy atom. The summed E-state index contributed by atoms with van der Waals surface area (Å²) in [6, 6.07) is 18.9. The second-order valence-corrected chi connectivity index (χ2v) is 7.67. The zero-order valence-electron chi connectivity index (χ0n) is 14.9. The van der Waals surface area contributed by atoms with E-state index in [2.05, 4.69) is 15.2 Å². The number of anilines is 2. The Morgan fingerprint density at radius 1 is 0.793 bits per heavy atom. The number of rotatable bonds is 6. The molecule has 0 aliphatic rings. The van der Waals surface area contributed by atoms with Crippen molar-refractivity contribution in [1.82, 2.24) is 0 Å². The predicted octanol–water partition coefficient (Wildman–Crippen LogP) is 4.95. The number of benzene rings is 3. The van der Waals surface area contributed by atoms with Crippen LogP contribution in [0.25, 0.3) is 0 Å². The van der Waals surface area contributed by atoms with Gasteiger partial charge in [0, 0.05) is 5.69 Å². The molecular weight excluding hydrogens is 403 g/mol. The minimum atomic E-state index is -4.38. The first-order valence-electron chi connectivity index (χ1n) is 8.38. The van der Waals surface area contributed by atoms with E-state index >= 15 is 0 Å². The van der Waals surface area contributed by atoms with Crippen LogP contribution in [0.3, 0.4) is 0 Å². The molecule has 2 N–H and O–H groups in total. The van der Waals surface area contributed by atoms with E-state index in [4.69, 9.17) is 0 Å². The van der Waals surface area contributed by atoms with Crippen LogP contribution in [-0.4, -0.2) is 14.6 Å². The molecular formula is C20H16F3N3O2S. The molecule has 29 heavy (non-hydrogen) atoms. The summed E-state index contributed by atoms with van der Waals surface area (Å²) in [5.41, 5.74) is 3.46. The molecule has 0 heterocycles. The van der Waals surface area contributed by atoms with Gasteiger partial charge in [-0.2, -0.15) is 18.3 Å². The maximum absolute atomic E-state index is 12.5. The van der Waals surface area contributed by atoms with Gasteiger partial charge in [0.25, 0.3) is 10.0 Å². The second kappa shape index (κ2) is 8.36. The maximum Gasteiger partial charge on any atom is 0.416 e. The molecule has 0 bridgehead atoms. The molecule has 0 unspecified atom stereocenters. The number of alkyl halides is 3.